The molecule has 0 unspecified atom stereocenters. The molecule has 0 saturated carbocycles. The van der Waals surface area contributed by atoms with Crippen LogP contribution in [0, 0.1) is 20.2 Å². The molecule has 0 bridgehead atoms. The van der Waals surface area contributed by atoms with Crippen LogP contribution < -0.4 is 4.90 Å². The summed E-state index contributed by atoms with van der Waals surface area (Å²) in [7, 11) is 7.33. The highest BCUT2D eigenvalue weighted by Crippen LogP contribution is 2.43. The highest BCUT2D eigenvalue weighted by Gasteiger charge is 2.39. The Balaban J connectivity index is 3.48. The minimum atomic E-state index is -4.94. The number of alkyl halides is 3. The van der Waals surface area contributed by atoms with Gasteiger partial charge in [0.15, 0.2) is 5.69 Å². The van der Waals surface area contributed by atoms with Crippen LogP contribution in [0.25, 0.3) is 0 Å². The van der Waals surface area contributed by atoms with E-state index in [1.807, 2.05) is 38.0 Å². The van der Waals surface area contributed by atoms with E-state index in [0.717, 1.165) is 0 Å². The molecule has 0 N–H and O–H groups in total. The van der Waals surface area contributed by atoms with Crippen molar-refractivity contribution in [2.45, 2.75) is 19.0 Å². The molecule has 1 aromatic rings. The quantitative estimate of drug-likeness (QED) is 0.400. The average Bonchev–Trinajstić information content (AvgIpc) is 2.57. The maximum atomic E-state index is 13.1. The van der Waals surface area contributed by atoms with Crippen molar-refractivity contribution in [1.82, 2.24) is 9.80 Å². The van der Waals surface area contributed by atoms with Gasteiger partial charge < -0.3 is 14.7 Å². The molecule has 9 nitrogen and oxygen atoms in total. The van der Waals surface area contributed by atoms with Crippen LogP contribution in [-0.4, -0.2) is 74.0 Å². The lowest BCUT2D eigenvalue weighted by Gasteiger charge is -2.26. The lowest BCUT2D eigenvalue weighted by molar-refractivity contribution is -0.393. The number of benzene rings is 1. The van der Waals surface area contributed by atoms with Crippen LogP contribution in [0.1, 0.15) is 18.4 Å². The number of nitro groups is 2. The van der Waals surface area contributed by atoms with Crippen molar-refractivity contribution in [3.63, 3.8) is 0 Å². The average molecular weight is 421 g/mol. The fourth-order valence-corrected chi connectivity index (χ4v) is 2.86. The largest absolute Gasteiger partial charge is 0.416 e. The summed E-state index contributed by atoms with van der Waals surface area (Å²) < 4.78 is 39.4. The van der Waals surface area contributed by atoms with Gasteiger partial charge in [-0.05, 0) is 54.1 Å². The van der Waals surface area contributed by atoms with Gasteiger partial charge in [0, 0.05) is 25.2 Å². The predicted molar refractivity (Wildman–Crippen MR) is 103 cm³/mol. The van der Waals surface area contributed by atoms with Gasteiger partial charge in [0.05, 0.1) is 15.4 Å². The van der Waals surface area contributed by atoms with Crippen LogP contribution in [0.4, 0.5) is 30.2 Å². The lowest BCUT2D eigenvalue weighted by Crippen LogP contribution is -2.31. The molecule has 0 aliphatic heterocycles. The summed E-state index contributed by atoms with van der Waals surface area (Å²) in [6.07, 6.45) is -3.87. The smallest absolute Gasteiger partial charge is 0.360 e. The van der Waals surface area contributed by atoms with Gasteiger partial charge in [0.2, 0.25) is 0 Å². The van der Waals surface area contributed by atoms with Crippen LogP contribution >= 0.6 is 0 Å². The molecule has 1 aromatic carbocycles. The number of anilines is 1. The standard InChI is InChI=1S/C17H26F3N5O4/c1-21(2)7-5-9-23(10-6-8-22(3)4)16-14(24(26)27)11-13(17(18,19)20)12-15(16)25(28)29/h11-12H,5-10H2,1-4H3. The zero-order valence-corrected chi connectivity index (χ0v) is 16.9. The topological polar surface area (TPSA) is 96.0 Å². The number of nitro benzene ring substituents is 2. The van der Waals surface area contributed by atoms with Crippen molar-refractivity contribution in [1.29, 1.82) is 0 Å². The van der Waals surface area contributed by atoms with Gasteiger partial charge in [-0.3, -0.25) is 20.2 Å². The molecule has 0 fully saturated rings. The zero-order chi connectivity index (χ0) is 22.4. The molecule has 0 saturated heterocycles. The molecule has 29 heavy (non-hydrogen) atoms. The van der Waals surface area contributed by atoms with Crippen LogP contribution in [-0.2, 0) is 6.18 Å². The minimum absolute atomic E-state index is 0.235. The van der Waals surface area contributed by atoms with E-state index in [-0.39, 0.29) is 18.8 Å². The molecule has 0 heterocycles. The molecular weight excluding hydrogens is 395 g/mol. The number of hydrogen-bond donors (Lipinski definition) is 0. The van der Waals surface area contributed by atoms with E-state index >= 15 is 0 Å². The van der Waals surface area contributed by atoms with Gasteiger partial charge in [-0.25, -0.2) is 0 Å². The maximum absolute atomic E-state index is 13.1. The van der Waals surface area contributed by atoms with Gasteiger partial charge in [-0.2, -0.15) is 13.2 Å². The minimum Gasteiger partial charge on any atom is -0.360 e. The van der Waals surface area contributed by atoms with Crippen molar-refractivity contribution in [3.8, 4) is 0 Å². The third-order valence-electron chi connectivity index (χ3n) is 4.17. The SMILES string of the molecule is CN(C)CCCN(CCCN(C)C)c1c([N+](=O)[O-])cc(C(F)(F)F)cc1[N+](=O)[O-]. The predicted octanol–water partition coefficient (Wildman–Crippen LogP) is 3.23. The first-order valence-electron chi connectivity index (χ1n) is 8.93. The van der Waals surface area contributed by atoms with Crippen molar-refractivity contribution >= 4 is 17.1 Å². The second kappa shape index (κ2) is 10.3. The number of nitrogens with zero attached hydrogens (tertiary/aromatic N) is 5. The number of rotatable bonds is 11. The summed E-state index contributed by atoms with van der Waals surface area (Å²) in [4.78, 5) is 26.3. The summed E-state index contributed by atoms with van der Waals surface area (Å²) in [5.41, 5.74) is -3.63. The molecule has 0 aromatic heterocycles. The van der Waals surface area contributed by atoms with Crippen LogP contribution in [0.2, 0.25) is 0 Å². The molecule has 0 radical (unpaired) electrons. The van der Waals surface area contributed by atoms with Crippen molar-refractivity contribution in [2.24, 2.45) is 0 Å². The monoisotopic (exact) mass is 421 g/mol. The summed E-state index contributed by atoms with van der Waals surface area (Å²) in [5.74, 6) is 0. The van der Waals surface area contributed by atoms with Gasteiger partial charge in [-0.1, -0.05) is 0 Å². The van der Waals surface area contributed by atoms with E-state index in [4.69, 9.17) is 0 Å². The van der Waals surface area contributed by atoms with Crippen molar-refractivity contribution in [3.05, 3.63) is 37.9 Å². The Labute approximate surface area is 167 Å². The number of halogens is 3. The Hall–Kier alpha value is -2.47. The Bertz CT molecular complexity index is 677. The Morgan fingerprint density at radius 3 is 1.48 bits per heavy atom. The van der Waals surface area contributed by atoms with E-state index in [0.29, 0.717) is 38.1 Å². The highest BCUT2D eigenvalue weighted by atomic mass is 19.4. The molecule has 0 aliphatic rings. The van der Waals surface area contributed by atoms with Crippen LogP contribution in [0.3, 0.4) is 0 Å². The third kappa shape index (κ3) is 7.46. The molecule has 12 heteroatoms. The normalized spacial score (nSPS) is 11.9. The summed E-state index contributed by atoms with van der Waals surface area (Å²) >= 11 is 0. The molecule has 164 valence electrons. The van der Waals surface area contributed by atoms with Gasteiger partial charge in [0.1, 0.15) is 0 Å². The first-order valence-corrected chi connectivity index (χ1v) is 8.93. The van der Waals surface area contributed by atoms with Gasteiger partial charge >= 0.3 is 6.18 Å². The van der Waals surface area contributed by atoms with Crippen molar-refractivity contribution in [2.75, 3.05) is 59.3 Å². The van der Waals surface area contributed by atoms with Gasteiger partial charge in [-0.15, -0.1) is 0 Å². The third-order valence-corrected chi connectivity index (χ3v) is 4.17. The first-order chi connectivity index (χ1) is 13.3. The Morgan fingerprint density at radius 1 is 0.828 bits per heavy atom. The lowest BCUT2D eigenvalue weighted by atomic mass is 10.1. The fraction of sp³-hybridized carbons (Fsp3) is 0.647. The van der Waals surface area contributed by atoms with E-state index < -0.39 is 33.0 Å². The summed E-state index contributed by atoms with van der Waals surface area (Å²) in [5, 5.41) is 23.0. The van der Waals surface area contributed by atoms with E-state index in [9.17, 15) is 33.4 Å². The molecular formula is C17H26F3N5O4. The highest BCUT2D eigenvalue weighted by molar-refractivity contribution is 5.76. The summed E-state index contributed by atoms with van der Waals surface area (Å²) in [6, 6.07) is 0.737. The van der Waals surface area contributed by atoms with Crippen LogP contribution in [0.15, 0.2) is 12.1 Å². The summed E-state index contributed by atoms with van der Waals surface area (Å²) in [6.45, 7) is 1.70. The maximum Gasteiger partial charge on any atom is 0.416 e. The van der Waals surface area contributed by atoms with Gasteiger partial charge in [0.25, 0.3) is 11.4 Å². The zero-order valence-electron chi connectivity index (χ0n) is 16.9. The molecule has 0 atom stereocenters. The number of hydrogen-bond acceptors (Lipinski definition) is 7. The molecule has 0 spiro atoms. The van der Waals surface area contributed by atoms with Crippen molar-refractivity contribution < 1.29 is 23.0 Å². The molecule has 0 amide bonds. The van der Waals surface area contributed by atoms with E-state index in [1.165, 1.54) is 4.90 Å². The van der Waals surface area contributed by atoms with E-state index in [2.05, 4.69) is 0 Å². The second-order valence-electron chi connectivity index (χ2n) is 7.18. The first kappa shape index (κ1) is 24.6. The Kier molecular flexibility index (Phi) is 8.77. The fourth-order valence-electron chi connectivity index (χ4n) is 2.86. The van der Waals surface area contributed by atoms with E-state index in [1.54, 1.807) is 0 Å². The van der Waals surface area contributed by atoms with Crippen LogP contribution in [0.5, 0.6) is 0 Å². The molecule has 0 aliphatic carbocycles. The second-order valence-corrected chi connectivity index (χ2v) is 7.18. The molecule has 1 rings (SSSR count). The Morgan fingerprint density at radius 2 is 1.21 bits per heavy atom.